The molecule has 0 aliphatic heterocycles. The number of anilines is 1. The lowest BCUT2D eigenvalue weighted by Gasteiger charge is -2.11. The van der Waals surface area contributed by atoms with Gasteiger partial charge in [-0.25, -0.2) is 4.79 Å². The van der Waals surface area contributed by atoms with Crippen LogP contribution in [0.25, 0.3) is 10.9 Å². The third-order valence-corrected chi connectivity index (χ3v) is 3.67. The fraction of sp³-hybridized carbons (Fsp3) is 0.158. The van der Waals surface area contributed by atoms with E-state index >= 15 is 0 Å². The third-order valence-electron chi connectivity index (χ3n) is 3.67. The number of pyridine rings is 1. The molecule has 5 nitrogen and oxygen atoms in total. The molecule has 1 amide bonds. The molecule has 3 aromatic rings. The van der Waals surface area contributed by atoms with Crippen molar-refractivity contribution in [1.29, 1.82) is 0 Å². The number of fused-ring (bicyclic) bond motifs is 1. The van der Waals surface area contributed by atoms with Crippen molar-refractivity contribution in [1.82, 2.24) is 4.98 Å². The number of para-hydroxylation sites is 1. The number of nitrogens with zero attached hydrogens (tertiary/aromatic N) is 1. The molecule has 0 aliphatic carbocycles. The Morgan fingerprint density at radius 1 is 1.17 bits per heavy atom. The number of aryl methyl sites for hydroxylation is 1. The highest BCUT2D eigenvalue weighted by molar-refractivity contribution is 5.85. The van der Waals surface area contributed by atoms with Crippen LogP contribution in [0.15, 0.2) is 54.7 Å². The average molecular weight is 322 g/mol. The minimum atomic E-state index is -0.492. The quantitative estimate of drug-likeness (QED) is 0.778. The zero-order chi connectivity index (χ0) is 16.9. The zero-order valence-corrected chi connectivity index (χ0v) is 13.6. The molecule has 0 atom stereocenters. The molecule has 0 radical (unpaired) electrons. The highest BCUT2D eigenvalue weighted by Crippen LogP contribution is 2.22. The lowest BCUT2D eigenvalue weighted by atomic mass is 10.1. The van der Waals surface area contributed by atoms with Gasteiger partial charge in [0.15, 0.2) is 0 Å². The molecule has 2 aromatic carbocycles. The van der Waals surface area contributed by atoms with Crippen molar-refractivity contribution in [3.05, 3.63) is 65.9 Å². The standard InChI is InChI=1S/C19H18N2O3/c1-13-9-16(7-8-17(13)21-19(22)23-2)24-12-14-10-15-5-3-4-6-18(15)20-11-14/h3-11H,12H2,1-2H3,(H,21,22). The maximum Gasteiger partial charge on any atom is 0.411 e. The van der Waals surface area contributed by atoms with Gasteiger partial charge in [0.2, 0.25) is 0 Å². The van der Waals surface area contributed by atoms with Crippen LogP contribution in [-0.2, 0) is 11.3 Å². The van der Waals surface area contributed by atoms with E-state index in [2.05, 4.69) is 21.1 Å². The van der Waals surface area contributed by atoms with Gasteiger partial charge in [0, 0.05) is 22.8 Å². The van der Waals surface area contributed by atoms with E-state index in [9.17, 15) is 4.79 Å². The van der Waals surface area contributed by atoms with E-state index in [4.69, 9.17) is 4.74 Å². The van der Waals surface area contributed by atoms with Crippen molar-refractivity contribution in [2.75, 3.05) is 12.4 Å². The predicted octanol–water partition coefficient (Wildman–Crippen LogP) is 4.30. The van der Waals surface area contributed by atoms with Gasteiger partial charge in [-0.15, -0.1) is 0 Å². The van der Waals surface area contributed by atoms with E-state index in [0.717, 1.165) is 27.8 Å². The van der Waals surface area contributed by atoms with Crippen LogP contribution in [0.1, 0.15) is 11.1 Å². The Morgan fingerprint density at radius 3 is 2.79 bits per heavy atom. The molecule has 122 valence electrons. The largest absolute Gasteiger partial charge is 0.489 e. The molecular weight excluding hydrogens is 304 g/mol. The van der Waals surface area contributed by atoms with Gasteiger partial charge in [-0.1, -0.05) is 18.2 Å². The maximum absolute atomic E-state index is 11.3. The molecular formula is C19H18N2O3. The molecule has 0 bridgehead atoms. The van der Waals surface area contributed by atoms with Gasteiger partial charge in [-0.2, -0.15) is 0 Å². The molecule has 3 rings (SSSR count). The average Bonchev–Trinajstić information content (AvgIpc) is 2.61. The summed E-state index contributed by atoms with van der Waals surface area (Å²) in [5.74, 6) is 0.732. The number of aromatic nitrogens is 1. The van der Waals surface area contributed by atoms with E-state index < -0.39 is 6.09 Å². The van der Waals surface area contributed by atoms with E-state index in [1.807, 2.05) is 49.5 Å². The van der Waals surface area contributed by atoms with Gasteiger partial charge in [0.05, 0.1) is 12.6 Å². The molecule has 1 aromatic heterocycles. The lowest BCUT2D eigenvalue weighted by molar-refractivity contribution is 0.187. The Labute approximate surface area is 140 Å². The van der Waals surface area contributed by atoms with Crippen LogP contribution in [-0.4, -0.2) is 18.2 Å². The van der Waals surface area contributed by atoms with Crippen molar-refractivity contribution in [2.24, 2.45) is 0 Å². The molecule has 1 heterocycles. The summed E-state index contributed by atoms with van der Waals surface area (Å²) in [7, 11) is 1.33. The van der Waals surface area contributed by atoms with Crippen molar-refractivity contribution < 1.29 is 14.3 Å². The lowest BCUT2D eigenvalue weighted by Crippen LogP contribution is -2.11. The fourth-order valence-electron chi connectivity index (χ4n) is 2.39. The first-order valence-corrected chi connectivity index (χ1v) is 7.58. The van der Waals surface area contributed by atoms with Crippen LogP contribution < -0.4 is 10.1 Å². The van der Waals surface area contributed by atoms with Crippen LogP contribution in [0.5, 0.6) is 5.75 Å². The van der Waals surface area contributed by atoms with Crippen molar-refractivity contribution in [3.63, 3.8) is 0 Å². The van der Waals surface area contributed by atoms with Crippen LogP contribution >= 0.6 is 0 Å². The first kappa shape index (κ1) is 15.8. The van der Waals surface area contributed by atoms with E-state index in [0.29, 0.717) is 12.3 Å². The van der Waals surface area contributed by atoms with Crippen molar-refractivity contribution in [3.8, 4) is 5.75 Å². The van der Waals surface area contributed by atoms with Gasteiger partial charge in [0.25, 0.3) is 0 Å². The smallest absolute Gasteiger partial charge is 0.411 e. The number of ether oxygens (including phenoxy) is 2. The normalized spacial score (nSPS) is 10.4. The van der Waals surface area contributed by atoms with Crippen LogP contribution in [0.3, 0.4) is 0 Å². The van der Waals surface area contributed by atoms with E-state index in [-0.39, 0.29) is 0 Å². The zero-order valence-electron chi connectivity index (χ0n) is 13.6. The second kappa shape index (κ2) is 7.00. The molecule has 0 fully saturated rings. The van der Waals surface area contributed by atoms with Gasteiger partial charge >= 0.3 is 6.09 Å². The highest BCUT2D eigenvalue weighted by Gasteiger charge is 2.06. The summed E-state index contributed by atoms with van der Waals surface area (Å²) >= 11 is 0. The van der Waals surface area contributed by atoms with E-state index in [1.165, 1.54) is 7.11 Å². The third kappa shape index (κ3) is 3.63. The van der Waals surface area contributed by atoms with Crippen molar-refractivity contribution >= 4 is 22.7 Å². The summed E-state index contributed by atoms with van der Waals surface area (Å²) in [6.45, 7) is 2.33. The maximum atomic E-state index is 11.3. The highest BCUT2D eigenvalue weighted by atomic mass is 16.5. The summed E-state index contributed by atoms with van der Waals surface area (Å²) in [5, 5.41) is 3.74. The Morgan fingerprint density at radius 2 is 2.00 bits per heavy atom. The molecule has 0 spiro atoms. The monoisotopic (exact) mass is 322 g/mol. The number of benzene rings is 2. The number of hydrogen-bond donors (Lipinski definition) is 1. The Balaban J connectivity index is 1.69. The topological polar surface area (TPSA) is 60.5 Å². The number of methoxy groups -OCH3 is 1. The summed E-state index contributed by atoms with van der Waals surface area (Å²) in [6, 6.07) is 15.5. The number of carbonyl (C=O) groups is 1. The van der Waals surface area contributed by atoms with Gasteiger partial charge < -0.3 is 9.47 Å². The first-order chi connectivity index (χ1) is 11.7. The minimum absolute atomic E-state index is 0.432. The van der Waals surface area contributed by atoms with Crippen LogP contribution in [0.2, 0.25) is 0 Å². The number of nitrogens with one attached hydrogen (secondary N) is 1. The van der Waals surface area contributed by atoms with Gasteiger partial charge in [-0.05, 0) is 42.8 Å². The summed E-state index contributed by atoms with van der Waals surface area (Å²) in [6.07, 6.45) is 1.33. The number of rotatable bonds is 4. The fourth-order valence-corrected chi connectivity index (χ4v) is 2.39. The van der Waals surface area contributed by atoms with Crippen molar-refractivity contribution in [2.45, 2.75) is 13.5 Å². The molecule has 0 saturated heterocycles. The molecule has 5 heteroatoms. The number of hydrogen-bond acceptors (Lipinski definition) is 4. The minimum Gasteiger partial charge on any atom is -0.489 e. The first-order valence-electron chi connectivity index (χ1n) is 7.58. The predicted molar refractivity (Wildman–Crippen MR) is 93.3 cm³/mol. The SMILES string of the molecule is COC(=O)Nc1ccc(OCc2cnc3ccccc3c2)cc1C. The Hall–Kier alpha value is -3.08. The molecule has 0 unspecified atom stereocenters. The van der Waals surface area contributed by atoms with Crippen LogP contribution in [0.4, 0.5) is 10.5 Å². The molecule has 0 aliphatic rings. The molecule has 1 N–H and O–H groups in total. The van der Waals surface area contributed by atoms with Gasteiger partial charge in [0.1, 0.15) is 12.4 Å². The second-order valence-electron chi connectivity index (χ2n) is 5.42. The Kier molecular flexibility index (Phi) is 4.61. The van der Waals surface area contributed by atoms with Crippen LogP contribution in [0, 0.1) is 6.92 Å². The summed E-state index contributed by atoms with van der Waals surface area (Å²) in [4.78, 5) is 15.7. The van der Waals surface area contributed by atoms with Gasteiger partial charge in [-0.3, -0.25) is 10.3 Å². The molecule has 24 heavy (non-hydrogen) atoms. The van der Waals surface area contributed by atoms with E-state index in [1.54, 1.807) is 6.07 Å². The Bertz CT molecular complexity index is 877. The number of amides is 1. The number of carbonyl (C=O) groups excluding carboxylic acids is 1. The summed E-state index contributed by atoms with van der Waals surface area (Å²) < 4.78 is 10.4. The second-order valence-corrected chi connectivity index (χ2v) is 5.42. The molecule has 0 saturated carbocycles. The summed E-state index contributed by atoms with van der Waals surface area (Å²) in [5.41, 5.74) is 3.56.